The van der Waals surface area contributed by atoms with Gasteiger partial charge in [0.05, 0.1) is 11.5 Å². The molecule has 0 radical (unpaired) electrons. The first kappa shape index (κ1) is 20.1. The molecule has 0 unspecified atom stereocenters. The van der Waals surface area contributed by atoms with Crippen LogP contribution in [-0.4, -0.2) is 52.5 Å². The van der Waals surface area contributed by atoms with Gasteiger partial charge in [-0.3, -0.25) is 4.79 Å². The topological polar surface area (TPSA) is 87.1 Å². The Morgan fingerprint density at radius 1 is 0.968 bits per heavy atom. The highest BCUT2D eigenvalue weighted by Crippen LogP contribution is 2.47. The Morgan fingerprint density at radius 3 is 2.06 bits per heavy atom. The fraction of sp³-hybridized carbons (Fsp3) is 0.440. The maximum Gasteiger partial charge on any atom is 0.409 e. The first-order valence-corrected chi connectivity index (χ1v) is 11.0. The largest absolute Gasteiger partial charge is 0.481 e. The minimum Gasteiger partial charge on any atom is -0.481 e. The number of hydrogen-bond donors (Lipinski definition) is 2. The van der Waals surface area contributed by atoms with Gasteiger partial charge in [-0.15, -0.1) is 0 Å². The van der Waals surface area contributed by atoms with E-state index in [1.165, 1.54) is 22.3 Å². The summed E-state index contributed by atoms with van der Waals surface area (Å²) in [6.45, 7) is 1.36. The number of benzene rings is 2. The van der Waals surface area contributed by atoms with Crippen molar-refractivity contribution in [3.05, 3.63) is 59.7 Å². The van der Waals surface area contributed by atoms with Crippen LogP contribution in [0.3, 0.4) is 0 Å². The Morgan fingerprint density at radius 2 is 1.52 bits per heavy atom. The zero-order valence-electron chi connectivity index (χ0n) is 17.4. The predicted molar refractivity (Wildman–Crippen MR) is 115 cm³/mol. The Labute approximate surface area is 181 Å². The third-order valence-corrected chi connectivity index (χ3v) is 7.40. The minimum atomic E-state index is -0.893. The van der Waals surface area contributed by atoms with Crippen LogP contribution in [0.15, 0.2) is 48.5 Å². The molecule has 1 amide bonds. The van der Waals surface area contributed by atoms with Gasteiger partial charge in [0.2, 0.25) is 0 Å². The number of hydrogen-bond acceptors (Lipinski definition) is 4. The van der Waals surface area contributed by atoms with Gasteiger partial charge >= 0.3 is 12.1 Å². The average molecular weight is 421 g/mol. The molecule has 3 aliphatic rings. The van der Waals surface area contributed by atoms with E-state index in [1.807, 2.05) is 24.3 Å². The van der Waals surface area contributed by atoms with Crippen LogP contribution in [0, 0.1) is 11.8 Å². The molecule has 1 heterocycles. The standard InChI is InChI=1S/C25H27NO5/c27-23(28)16-13-25(30,14-16)17-9-11-26(12-10-17)24(29)31-15-22-20-7-3-1-5-18(20)19-6-2-4-8-21(19)22/h1-8,16-17,22,30H,9-15H2,(H,27,28). The lowest BCUT2D eigenvalue weighted by Crippen LogP contribution is -2.55. The Balaban J connectivity index is 1.18. The van der Waals surface area contributed by atoms with Gasteiger partial charge in [0.15, 0.2) is 0 Å². The fourth-order valence-corrected chi connectivity index (χ4v) is 5.59. The molecule has 0 aromatic heterocycles. The third-order valence-electron chi connectivity index (χ3n) is 7.40. The van der Waals surface area contributed by atoms with Crippen LogP contribution in [0.25, 0.3) is 11.1 Å². The van der Waals surface area contributed by atoms with Crippen LogP contribution >= 0.6 is 0 Å². The number of piperidine rings is 1. The highest BCUT2D eigenvalue weighted by Gasteiger charge is 2.51. The zero-order valence-corrected chi connectivity index (χ0v) is 17.4. The molecule has 162 valence electrons. The van der Waals surface area contributed by atoms with Gasteiger partial charge in [-0.05, 0) is 53.9 Å². The molecule has 6 heteroatoms. The zero-order chi connectivity index (χ0) is 21.6. The summed E-state index contributed by atoms with van der Waals surface area (Å²) in [5.74, 6) is -1.19. The molecule has 2 N–H and O–H groups in total. The van der Waals surface area contributed by atoms with Crippen molar-refractivity contribution in [2.75, 3.05) is 19.7 Å². The van der Waals surface area contributed by atoms with E-state index in [2.05, 4.69) is 24.3 Å². The van der Waals surface area contributed by atoms with Crippen molar-refractivity contribution in [1.29, 1.82) is 0 Å². The summed E-state index contributed by atoms with van der Waals surface area (Å²) in [6, 6.07) is 16.5. The van der Waals surface area contributed by atoms with Crippen molar-refractivity contribution in [2.45, 2.75) is 37.2 Å². The van der Waals surface area contributed by atoms with E-state index in [0.29, 0.717) is 45.4 Å². The number of ether oxygens (including phenoxy) is 1. The van der Waals surface area contributed by atoms with Gasteiger partial charge in [0, 0.05) is 19.0 Å². The number of aliphatic carboxylic acids is 1. The number of likely N-dealkylation sites (tertiary alicyclic amines) is 1. The molecule has 1 aliphatic heterocycles. The number of carbonyl (C=O) groups is 2. The Hall–Kier alpha value is -2.86. The summed E-state index contributed by atoms with van der Waals surface area (Å²) in [5.41, 5.74) is 3.89. The lowest BCUT2D eigenvalue weighted by Gasteiger charge is -2.49. The van der Waals surface area contributed by atoms with E-state index in [-0.39, 0.29) is 17.9 Å². The minimum absolute atomic E-state index is 0.0394. The lowest BCUT2D eigenvalue weighted by molar-refractivity contribution is -0.169. The molecule has 2 aromatic carbocycles. The number of amides is 1. The van der Waals surface area contributed by atoms with Crippen molar-refractivity contribution in [2.24, 2.45) is 11.8 Å². The maximum atomic E-state index is 12.7. The summed E-state index contributed by atoms with van der Waals surface area (Å²) in [6.07, 6.45) is 1.67. The second kappa shape index (κ2) is 7.68. The van der Waals surface area contributed by atoms with Gasteiger partial charge in [0.1, 0.15) is 6.61 Å². The van der Waals surface area contributed by atoms with Crippen molar-refractivity contribution in [1.82, 2.24) is 4.90 Å². The molecule has 1 saturated carbocycles. The number of carboxylic acids is 1. The smallest absolute Gasteiger partial charge is 0.409 e. The Bertz CT molecular complexity index is 959. The molecule has 2 aromatic rings. The molecular formula is C25H27NO5. The van der Waals surface area contributed by atoms with Crippen LogP contribution in [0.2, 0.25) is 0 Å². The number of aliphatic hydroxyl groups is 1. The van der Waals surface area contributed by atoms with Crippen LogP contribution in [-0.2, 0) is 9.53 Å². The molecule has 31 heavy (non-hydrogen) atoms. The van der Waals surface area contributed by atoms with Crippen molar-refractivity contribution >= 4 is 12.1 Å². The molecule has 1 saturated heterocycles. The SMILES string of the molecule is O=C(O)C1CC(O)(C2CCN(C(=O)OCC3c4ccccc4-c4ccccc43)CC2)C1. The molecule has 6 nitrogen and oxygen atoms in total. The average Bonchev–Trinajstić information content (AvgIpc) is 3.09. The van der Waals surface area contributed by atoms with E-state index >= 15 is 0 Å². The first-order chi connectivity index (χ1) is 15.0. The lowest BCUT2D eigenvalue weighted by atomic mass is 9.62. The van der Waals surface area contributed by atoms with Crippen LogP contribution < -0.4 is 0 Å². The number of carboxylic acid groups (broad SMARTS) is 1. The molecular weight excluding hydrogens is 394 g/mol. The van der Waals surface area contributed by atoms with Gasteiger partial charge in [-0.25, -0.2) is 4.79 Å². The summed E-state index contributed by atoms with van der Waals surface area (Å²) in [4.78, 5) is 25.5. The highest BCUT2D eigenvalue weighted by molar-refractivity contribution is 5.79. The van der Waals surface area contributed by atoms with Crippen molar-refractivity contribution in [3.8, 4) is 11.1 Å². The van der Waals surface area contributed by atoms with Crippen LogP contribution in [0.4, 0.5) is 4.79 Å². The maximum absolute atomic E-state index is 12.7. The number of carbonyl (C=O) groups excluding carboxylic acids is 1. The Kier molecular flexibility index (Phi) is 4.97. The molecule has 0 spiro atoms. The van der Waals surface area contributed by atoms with Gasteiger partial charge in [-0.1, -0.05) is 48.5 Å². The highest BCUT2D eigenvalue weighted by atomic mass is 16.6. The van der Waals surface area contributed by atoms with Crippen LogP contribution in [0.5, 0.6) is 0 Å². The normalized spacial score (nSPS) is 25.5. The van der Waals surface area contributed by atoms with Gasteiger partial charge in [-0.2, -0.15) is 0 Å². The van der Waals surface area contributed by atoms with E-state index in [4.69, 9.17) is 9.84 Å². The molecule has 0 atom stereocenters. The molecule has 0 bridgehead atoms. The van der Waals surface area contributed by atoms with Crippen LogP contribution in [0.1, 0.15) is 42.7 Å². The van der Waals surface area contributed by atoms with Crippen molar-refractivity contribution in [3.63, 3.8) is 0 Å². The number of rotatable bonds is 4. The summed E-state index contributed by atoms with van der Waals surface area (Å²) in [5, 5.41) is 19.8. The second-order valence-electron chi connectivity index (χ2n) is 9.11. The van der Waals surface area contributed by atoms with Gasteiger partial charge in [0.25, 0.3) is 0 Å². The second-order valence-corrected chi connectivity index (χ2v) is 9.11. The molecule has 2 aliphatic carbocycles. The summed E-state index contributed by atoms with van der Waals surface area (Å²) >= 11 is 0. The third kappa shape index (κ3) is 3.49. The number of nitrogens with zero attached hydrogens (tertiary/aromatic N) is 1. The molecule has 5 rings (SSSR count). The molecule has 2 fully saturated rings. The van der Waals surface area contributed by atoms with Gasteiger partial charge < -0.3 is 19.8 Å². The van der Waals surface area contributed by atoms with E-state index in [1.54, 1.807) is 4.90 Å². The fourth-order valence-electron chi connectivity index (χ4n) is 5.59. The van der Waals surface area contributed by atoms with E-state index in [0.717, 1.165) is 0 Å². The first-order valence-electron chi connectivity index (χ1n) is 11.0. The summed E-state index contributed by atoms with van der Waals surface area (Å²) < 4.78 is 5.74. The van der Waals surface area contributed by atoms with E-state index < -0.39 is 17.5 Å². The quantitative estimate of drug-likeness (QED) is 0.783. The summed E-state index contributed by atoms with van der Waals surface area (Å²) in [7, 11) is 0. The van der Waals surface area contributed by atoms with Crippen molar-refractivity contribution < 1.29 is 24.5 Å². The number of fused-ring (bicyclic) bond motifs is 3. The predicted octanol–water partition coefficient (Wildman–Crippen LogP) is 3.87. The monoisotopic (exact) mass is 421 g/mol. The van der Waals surface area contributed by atoms with E-state index in [9.17, 15) is 14.7 Å².